The van der Waals surface area contributed by atoms with Gasteiger partial charge in [0.25, 0.3) is 5.79 Å². The summed E-state index contributed by atoms with van der Waals surface area (Å²) in [4.78, 5) is 50.7. The number of carbonyl (C=O) groups is 3. The third kappa shape index (κ3) is 3.30. The van der Waals surface area contributed by atoms with Crippen LogP contribution in [-0.2, 0) is 20.7 Å². The highest BCUT2D eigenvalue weighted by molar-refractivity contribution is 6.53. The SMILES string of the molecule is COC(=O)c1cc2cc3c(c(O)c2c(=O)o1)O[C@]1(CC3)CC2=C(O1)c1c(OC)cc(OC)c(O)c1C(=O)C2=O. The number of rotatable bonds is 3. The van der Waals surface area contributed by atoms with Gasteiger partial charge in [-0.1, -0.05) is 0 Å². The van der Waals surface area contributed by atoms with E-state index in [1.807, 2.05) is 0 Å². The first-order valence-electron chi connectivity index (χ1n) is 11.7. The number of aromatic hydroxyl groups is 2. The summed E-state index contributed by atoms with van der Waals surface area (Å²) in [5.74, 6) is -5.55. The van der Waals surface area contributed by atoms with Gasteiger partial charge in [0.05, 0.1) is 44.5 Å². The van der Waals surface area contributed by atoms with Crippen LogP contribution in [0.3, 0.4) is 0 Å². The third-order valence-corrected chi connectivity index (χ3v) is 7.12. The van der Waals surface area contributed by atoms with Crippen molar-refractivity contribution in [3.63, 3.8) is 0 Å². The van der Waals surface area contributed by atoms with Crippen LogP contribution in [0.15, 0.2) is 33.0 Å². The number of carbonyl (C=O) groups excluding carboxylic acids is 3. The number of fused-ring (bicyclic) bond motifs is 4. The Labute approximate surface area is 218 Å². The molecule has 12 heteroatoms. The van der Waals surface area contributed by atoms with E-state index in [2.05, 4.69) is 4.74 Å². The minimum absolute atomic E-state index is 0.00960. The maximum atomic E-state index is 13.1. The van der Waals surface area contributed by atoms with Crippen molar-refractivity contribution in [1.29, 1.82) is 0 Å². The zero-order chi connectivity index (χ0) is 27.8. The summed E-state index contributed by atoms with van der Waals surface area (Å²) < 4.78 is 32.5. The van der Waals surface area contributed by atoms with Gasteiger partial charge in [-0.15, -0.1) is 0 Å². The highest BCUT2D eigenvalue weighted by Crippen LogP contribution is 2.55. The Morgan fingerprint density at radius 1 is 0.923 bits per heavy atom. The van der Waals surface area contributed by atoms with Crippen molar-refractivity contribution >= 4 is 34.1 Å². The van der Waals surface area contributed by atoms with Crippen LogP contribution in [0.2, 0.25) is 0 Å². The Kier molecular flexibility index (Phi) is 5.15. The van der Waals surface area contributed by atoms with Gasteiger partial charge in [-0.05, 0) is 29.5 Å². The van der Waals surface area contributed by atoms with E-state index < -0.39 is 40.4 Å². The van der Waals surface area contributed by atoms with Crippen LogP contribution in [0.1, 0.15) is 44.9 Å². The Morgan fingerprint density at radius 2 is 1.67 bits per heavy atom. The summed E-state index contributed by atoms with van der Waals surface area (Å²) in [5, 5.41) is 21.7. The van der Waals surface area contributed by atoms with Gasteiger partial charge in [0.2, 0.25) is 17.3 Å². The van der Waals surface area contributed by atoms with Crippen molar-refractivity contribution in [3.8, 4) is 28.7 Å². The van der Waals surface area contributed by atoms with Crippen LogP contribution in [0.4, 0.5) is 0 Å². The molecule has 0 radical (unpaired) electrons. The highest BCUT2D eigenvalue weighted by Gasteiger charge is 2.53. The van der Waals surface area contributed by atoms with Gasteiger partial charge in [-0.25, -0.2) is 9.59 Å². The molecule has 0 unspecified atom stereocenters. The van der Waals surface area contributed by atoms with Crippen molar-refractivity contribution in [2.75, 3.05) is 21.3 Å². The summed E-state index contributed by atoms with van der Waals surface area (Å²) in [5.41, 5.74) is -0.661. The maximum Gasteiger partial charge on any atom is 0.374 e. The van der Waals surface area contributed by atoms with Crippen LogP contribution in [0, 0.1) is 0 Å². The molecule has 0 saturated heterocycles. The largest absolute Gasteiger partial charge is 0.504 e. The van der Waals surface area contributed by atoms with Gasteiger partial charge in [-0.2, -0.15) is 0 Å². The highest BCUT2D eigenvalue weighted by atomic mass is 16.7. The molecule has 2 aliphatic heterocycles. The van der Waals surface area contributed by atoms with Crippen LogP contribution in [0.5, 0.6) is 28.7 Å². The van der Waals surface area contributed by atoms with E-state index in [-0.39, 0.29) is 75.5 Å². The van der Waals surface area contributed by atoms with Crippen LogP contribution >= 0.6 is 0 Å². The van der Waals surface area contributed by atoms with Crippen molar-refractivity contribution in [1.82, 2.24) is 0 Å². The second-order valence-electron chi connectivity index (χ2n) is 9.20. The fourth-order valence-electron chi connectivity index (χ4n) is 5.29. The molecule has 12 nitrogen and oxygen atoms in total. The standard InChI is InChI=1S/C27H20O12/c1-34-13-8-14(35-2)20(29)18-17(13)24-12(19(28)21(18)30)9-27(39-24)5-4-10-6-11-7-15(25(32)36-3)37-26(33)16(11)22(31)23(10)38-27/h6-8,29,31H,4-5,9H2,1-3H3/t27-/m0/s1. The molecule has 1 aromatic heterocycles. The predicted octanol–water partition coefficient (Wildman–Crippen LogP) is 2.63. The van der Waals surface area contributed by atoms with Gasteiger partial charge in [0.1, 0.15) is 16.9 Å². The number of aryl methyl sites for hydroxylation is 1. The third-order valence-electron chi connectivity index (χ3n) is 7.12. The monoisotopic (exact) mass is 536 g/mol. The zero-order valence-corrected chi connectivity index (χ0v) is 20.8. The summed E-state index contributed by atoms with van der Waals surface area (Å²) in [6, 6.07) is 4.24. The number of phenols is 2. The topological polar surface area (TPSA) is 168 Å². The number of hydrogen-bond acceptors (Lipinski definition) is 12. The first kappa shape index (κ1) is 24.3. The average Bonchev–Trinajstić information content (AvgIpc) is 3.30. The normalized spacial score (nSPS) is 19.3. The number of phenolic OH excluding ortho intramolecular Hbond substituents is 2. The number of ether oxygens (including phenoxy) is 5. The van der Waals surface area contributed by atoms with E-state index in [4.69, 9.17) is 23.4 Å². The van der Waals surface area contributed by atoms with Crippen LogP contribution in [-0.4, -0.2) is 54.9 Å². The second kappa shape index (κ2) is 8.25. The van der Waals surface area contributed by atoms with E-state index in [1.54, 1.807) is 6.07 Å². The molecule has 0 bridgehead atoms. The van der Waals surface area contributed by atoms with Gasteiger partial charge in [0.15, 0.2) is 23.0 Å². The Bertz CT molecular complexity index is 1740. The lowest BCUT2D eigenvalue weighted by atomic mass is 9.85. The minimum Gasteiger partial charge on any atom is -0.504 e. The van der Waals surface area contributed by atoms with Crippen molar-refractivity contribution in [2.24, 2.45) is 0 Å². The molecule has 1 aliphatic carbocycles. The second-order valence-corrected chi connectivity index (χ2v) is 9.20. The Morgan fingerprint density at radius 3 is 2.36 bits per heavy atom. The molecule has 3 aromatic rings. The molecule has 1 spiro atoms. The smallest absolute Gasteiger partial charge is 0.374 e. The Balaban J connectivity index is 1.45. The summed E-state index contributed by atoms with van der Waals surface area (Å²) >= 11 is 0. The zero-order valence-electron chi connectivity index (χ0n) is 20.8. The maximum absolute atomic E-state index is 13.1. The fourth-order valence-corrected chi connectivity index (χ4v) is 5.29. The van der Waals surface area contributed by atoms with Crippen molar-refractivity contribution in [3.05, 3.63) is 56.6 Å². The number of esters is 1. The number of hydrogen-bond donors (Lipinski definition) is 2. The molecule has 6 rings (SSSR count). The van der Waals surface area contributed by atoms with Gasteiger partial charge >= 0.3 is 11.6 Å². The molecule has 39 heavy (non-hydrogen) atoms. The lowest BCUT2D eigenvalue weighted by Crippen LogP contribution is -2.39. The van der Waals surface area contributed by atoms with Crippen molar-refractivity contribution in [2.45, 2.75) is 25.0 Å². The number of ketones is 2. The van der Waals surface area contributed by atoms with Crippen LogP contribution in [0.25, 0.3) is 16.5 Å². The van der Waals surface area contributed by atoms with Crippen molar-refractivity contribution < 1.29 is 52.7 Å². The van der Waals surface area contributed by atoms with E-state index in [9.17, 15) is 29.4 Å². The van der Waals surface area contributed by atoms with Gasteiger partial charge in [0, 0.05) is 12.5 Å². The molecule has 2 aromatic carbocycles. The van der Waals surface area contributed by atoms with Gasteiger partial charge < -0.3 is 38.3 Å². The minimum atomic E-state index is -1.51. The molecule has 0 saturated carbocycles. The molecule has 3 heterocycles. The lowest BCUT2D eigenvalue weighted by Gasteiger charge is -2.35. The number of benzene rings is 2. The molecular formula is C27H20O12. The Hall–Kier alpha value is -5.00. The van der Waals surface area contributed by atoms with E-state index >= 15 is 0 Å². The molecule has 2 N–H and O–H groups in total. The summed E-state index contributed by atoms with van der Waals surface area (Å²) in [6.07, 6.45) is 0.340. The average molecular weight is 536 g/mol. The summed E-state index contributed by atoms with van der Waals surface area (Å²) in [7, 11) is 3.79. The molecule has 200 valence electrons. The quantitative estimate of drug-likeness (QED) is 0.371. The van der Waals surface area contributed by atoms with E-state index in [1.165, 1.54) is 26.4 Å². The molecular weight excluding hydrogens is 516 g/mol. The first-order chi connectivity index (χ1) is 18.6. The molecule has 1 atom stereocenters. The molecule has 0 amide bonds. The van der Waals surface area contributed by atoms with Gasteiger partial charge in [-0.3, -0.25) is 9.59 Å². The molecule has 0 fully saturated rings. The predicted molar refractivity (Wildman–Crippen MR) is 130 cm³/mol. The number of methoxy groups -OCH3 is 3. The number of Topliss-reactive ketones (excluding diaryl/α,β-unsaturated/α-hetero) is 2. The lowest BCUT2D eigenvalue weighted by molar-refractivity contribution is -0.134. The molecule has 3 aliphatic rings. The van der Waals surface area contributed by atoms with Crippen LogP contribution < -0.4 is 19.8 Å². The fraction of sp³-hybridized carbons (Fsp3) is 0.259. The van der Waals surface area contributed by atoms with E-state index in [0.29, 0.717) is 5.56 Å². The summed E-state index contributed by atoms with van der Waals surface area (Å²) in [6.45, 7) is 0. The first-order valence-corrected chi connectivity index (χ1v) is 11.7. The van der Waals surface area contributed by atoms with E-state index in [0.717, 1.165) is 7.11 Å².